The Morgan fingerprint density at radius 3 is 2.92 bits per heavy atom. The highest BCUT2D eigenvalue weighted by Gasteiger charge is 2.12. The highest BCUT2D eigenvalue weighted by Crippen LogP contribution is 2.29. The third-order valence-corrected chi connectivity index (χ3v) is 3.50. The average Bonchev–Trinajstić information content (AvgIpc) is 2.91. The van der Waals surface area contributed by atoms with Crippen molar-refractivity contribution in [2.45, 2.75) is 20.0 Å². The number of carbonyl (C=O) groups is 1. The maximum Gasteiger partial charge on any atom is 0.411 e. The molecular weight excluding hydrogens is 330 g/mol. The van der Waals surface area contributed by atoms with Crippen LogP contribution in [0.15, 0.2) is 30.5 Å². The van der Waals surface area contributed by atoms with E-state index < -0.39 is 6.09 Å². The molecule has 8 heteroatoms. The molecule has 7 nitrogen and oxygen atoms in total. The van der Waals surface area contributed by atoms with Gasteiger partial charge in [-0.15, -0.1) is 0 Å². The van der Waals surface area contributed by atoms with Crippen molar-refractivity contribution in [3.8, 4) is 11.4 Å². The van der Waals surface area contributed by atoms with E-state index in [-0.39, 0.29) is 6.10 Å². The number of benzene rings is 1. The van der Waals surface area contributed by atoms with Gasteiger partial charge in [0.2, 0.25) is 0 Å². The molecule has 4 N–H and O–H groups in total. The average molecular weight is 346 g/mol. The molecule has 0 atom stereocenters. The van der Waals surface area contributed by atoms with Crippen molar-refractivity contribution in [1.82, 2.24) is 15.0 Å². The molecular formula is C16H16ClN5O2. The van der Waals surface area contributed by atoms with Crippen LogP contribution in [0.1, 0.15) is 13.8 Å². The highest BCUT2D eigenvalue weighted by molar-refractivity contribution is 6.33. The van der Waals surface area contributed by atoms with Crippen molar-refractivity contribution in [3.63, 3.8) is 0 Å². The molecule has 0 radical (unpaired) electrons. The summed E-state index contributed by atoms with van der Waals surface area (Å²) in [4.78, 5) is 23.4. The topological polar surface area (TPSA) is 106 Å². The Bertz CT molecular complexity index is 907. The first-order chi connectivity index (χ1) is 11.4. The quantitative estimate of drug-likeness (QED) is 0.626. The Morgan fingerprint density at radius 1 is 1.38 bits per heavy atom. The second-order valence-electron chi connectivity index (χ2n) is 5.50. The number of nitrogen functional groups attached to an aromatic ring is 1. The molecule has 2 aromatic heterocycles. The number of nitrogens with zero attached hydrogens (tertiary/aromatic N) is 2. The number of imidazole rings is 1. The number of ether oxygens (including phenoxy) is 1. The van der Waals surface area contributed by atoms with Crippen molar-refractivity contribution < 1.29 is 9.53 Å². The smallest absolute Gasteiger partial charge is 0.411 e. The lowest BCUT2D eigenvalue weighted by Crippen LogP contribution is -2.18. The molecule has 0 fully saturated rings. The summed E-state index contributed by atoms with van der Waals surface area (Å²) in [6.07, 6.45) is 0.770. The van der Waals surface area contributed by atoms with Crippen LogP contribution in [0.5, 0.6) is 0 Å². The normalized spacial score (nSPS) is 11.0. The number of carbonyl (C=O) groups excluding carboxylic acids is 1. The van der Waals surface area contributed by atoms with Gasteiger partial charge < -0.3 is 15.5 Å². The largest absolute Gasteiger partial charge is 0.447 e. The summed E-state index contributed by atoms with van der Waals surface area (Å²) in [5.41, 5.74) is 8.73. The Hall–Kier alpha value is -2.80. The summed E-state index contributed by atoms with van der Waals surface area (Å²) in [5.74, 6) is 0.553. The van der Waals surface area contributed by atoms with Crippen LogP contribution in [0.3, 0.4) is 0 Å². The minimum atomic E-state index is -0.537. The predicted octanol–water partition coefficient (Wildman–Crippen LogP) is 3.82. The van der Waals surface area contributed by atoms with Gasteiger partial charge >= 0.3 is 6.09 Å². The summed E-state index contributed by atoms with van der Waals surface area (Å²) >= 11 is 6.20. The molecule has 2 heterocycles. The van der Waals surface area contributed by atoms with Gasteiger partial charge in [-0.3, -0.25) is 5.32 Å². The number of nitrogens with one attached hydrogen (secondary N) is 2. The van der Waals surface area contributed by atoms with E-state index in [1.807, 2.05) is 0 Å². The molecule has 124 valence electrons. The number of nitrogens with two attached hydrogens (primary N) is 1. The van der Waals surface area contributed by atoms with Gasteiger partial charge in [0.05, 0.1) is 28.5 Å². The fourth-order valence-electron chi connectivity index (χ4n) is 2.18. The van der Waals surface area contributed by atoms with Gasteiger partial charge in [0.1, 0.15) is 5.82 Å². The van der Waals surface area contributed by atoms with Crippen LogP contribution in [-0.4, -0.2) is 27.1 Å². The molecule has 1 amide bonds. The summed E-state index contributed by atoms with van der Waals surface area (Å²) < 4.78 is 5.03. The van der Waals surface area contributed by atoms with Gasteiger partial charge in [-0.25, -0.2) is 14.8 Å². The minimum absolute atomic E-state index is 0.203. The fraction of sp³-hybridized carbons (Fsp3) is 0.188. The van der Waals surface area contributed by atoms with E-state index in [4.69, 9.17) is 22.1 Å². The van der Waals surface area contributed by atoms with Crippen molar-refractivity contribution in [2.24, 2.45) is 0 Å². The fourth-order valence-corrected chi connectivity index (χ4v) is 2.39. The van der Waals surface area contributed by atoms with Gasteiger partial charge in [0, 0.05) is 11.3 Å². The van der Waals surface area contributed by atoms with E-state index in [0.717, 1.165) is 0 Å². The van der Waals surface area contributed by atoms with Gasteiger partial charge in [0.25, 0.3) is 0 Å². The second-order valence-corrected chi connectivity index (χ2v) is 5.91. The first-order valence-corrected chi connectivity index (χ1v) is 7.69. The van der Waals surface area contributed by atoms with Crippen LogP contribution < -0.4 is 11.1 Å². The van der Waals surface area contributed by atoms with Crippen LogP contribution in [0, 0.1) is 0 Å². The molecule has 1 aromatic carbocycles. The van der Waals surface area contributed by atoms with Crippen LogP contribution in [0.25, 0.3) is 22.6 Å². The standard InChI is InChI=1S/C16H16ClN5O2/c1-8(2)24-16(23)20-10-6-13-15(19-7-10)22-14(21-13)11-5-9(18)3-4-12(11)17/h3-8H,18H2,1-2H3,(H,20,23)(H,19,21,22). The zero-order chi connectivity index (χ0) is 17.3. The maximum atomic E-state index is 11.6. The number of fused-ring (bicyclic) bond motifs is 1. The van der Waals surface area contributed by atoms with E-state index in [0.29, 0.717) is 38.9 Å². The maximum absolute atomic E-state index is 11.6. The number of rotatable bonds is 3. The highest BCUT2D eigenvalue weighted by atomic mass is 35.5. The van der Waals surface area contributed by atoms with E-state index in [1.54, 1.807) is 38.1 Å². The summed E-state index contributed by atoms with van der Waals surface area (Å²) in [5, 5.41) is 3.15. The number of H-pyrrole nitrogens is 1. The number of hydrogen-bond donors (Lipinski definition) is 3. The van der Waals surface area contributed by atoms with Crippen molar-refractivity contribution in [1.29, 1.82) is 0 Å². The third kappa shape index (κ3) is 3.41. The molecule has 24 heavy (non-hydrogen) atoms. The molecule has 0 aliphatic heterocycles. The Balaban J connectivity index is 1.92. The molecule has 3 rings (SSSR count). The molecule has 0 bridgehead atoms. The number of pyridine rings is 1. The number of aromatic amines is 1. The second kappa shape index (κ2) is 6.37. The van der Waals surface area contributed by atoms with Gasteiger partial charge in [-0.2, -0.15) is 0 Å². The molecule has 0 aliphatic carbocycles. The number of anilines is 2. The van der Waals surface area contributed by atoms with Crippen molar-refractivity contribution in [2.75, 3.05) is 11.1 Å². The van der Waals surface area contributed by atoms with Gasteiger partial charge in [0.15, 0.2) is 5.65 Å². The van der Waals surface area contributed by atoms with E-state index in [1.165, 1.54) is 6.20 Å². The first kappa shape index (κ1) is 16.1. The lowest BCUT2D eigenvalue weighted by atomic mass is 10.2. The summed E-state index contributed by atoms with van der Waals surface area (Å²) in [7, 11) is 0. The van der Waals surface area contributed by atoms with Crippen LogP contribution in [0.4, 0.5) is 16.2 Å². The summed E-state index contributed by atoms with van der Waals surface area (Å²) in [6.45, 7) is 3.55. The van der Waals surface area contributed by atoms with Crippen LogP contribution in [0.2, 0.25) is 5.02 Å². The number of halogens is 1. The van der Waals surface area contributed by atoms with Crippen LogP contribution in [-0.2, 0) is 4.74 Å². The molecule has 0 saturated carbocycles. The van der Waals surface area contributed by atoms with E-state index >= 15 is 0 Å². The predicted molar refractivity (Wildman–Crippen MR) is 94.0 cm³/mol. The first-order valence-electron chi connectivity index (χ1n) is 7.31. The zero-order valence-electron chi connectivity index (χ0n) is 13.1. The number of aromatic nitrogens is 3. The van der Waals surface area contributed by atoms with Gasteiger partial charge in [-0.05, 0) is 38.1 Å². The molecule has 3 aromatic rings. The van der Waals surface area contributed by atoms with Crippen molar-refractivity contribution in [3.05, 3.63) is 35.5 Å². The molecule has 0 spiro atoms. The molecule has 0 aliphatic rings. The van der Waals surface area contributed by atoms with E-state index in [2.05, 4.69) is 20.3 Å². The lowest BCUT2D eigenvalue weighted by molar-refractivity contribution is 0.130. The molecule has 0 unspecified atom stereocenters. The Morgan fingerprint density at radius 2 is 2.17 bits per heavy atom. The third-order valence-electron chi connectivity index (χ3n) is 3.17. The molecule has 0 saturated heterocycles. The Labute approximate surface area is 143 Å². The minimum Gasteiger partial charge on any atom is -0.447 e. The summed E-state index contributed by atoms with van der Waals surface area (Å²) in [6, 6.07) is 6.89. The SMILES string of the molecule is CC(C)OC(=O)Nc1cnc2nc(-c3cc(N)ccc3Cl)[nH]c2c1. The van der Waals surface area contributed by atoms with Crippen molar-refractivity contribution >= 4 is 40.2 Å². The monoisotopic (exact) mass is 345 g/mol. The zero-order valence-corrected chi connectivity index (χ0v) is 13.9. The Kier molecular flexibility index (Phi) is 4.26. The number of hydrogen-bond acceptors (Lipinski definition) is 5. The van der Waals surface area contributed by atoms with Gasteiger partial charge in [-0.1, -0.05) is 11.6 Å². The number of amides is 1. The lowest BCUT2D eigenvalue weighted by Gasteiger charge is -2.08. The van der Waals surface area contributed by atoms with Crippen LogP contribution >= 0.6 is 11.6 Å². The van der Waals surface area contributed by atoms with E-state index in [9.17, 15) is 4.79 Å².